The van der Waals surface area contributed by atoms with E-state index in [4.69, 9.17) is 11.6 Å². The molecule has 8 heteroatoms. The number of anilines is 1. The van der Waals surface area contributed by atoms with Crippen molar-refractivity contribution in [3.05, 3.63) is 58.6 Å². The van der Waals surface area contributed by atoms with Crippen LogP contribution in [0.5, 0.6) is 0 Å². The number of carbonyl (C=O) groups excluding carboxylic acids is 2. The Morgan fingerprint density at radius 3 is 2.52 bits per heavy atom. The normalized spacial score (nSPS) is 14.6. The van der Waals surface area contributed by atoms with Crippen molar-refractivity contribution in [1.29, 1.82) is 0 Å². The van der Waals surface area contributed by atoms with Gasteiger partial charge in [0.2, 0.25) is 5.91 Å². The van der Waals surface area contributed by atoms with Crippen molar-refractivity contribution in [1.82, 2.24) is 5.32 Å². The predicted molar refractivity (Wildman–Crippen MR) is 113 cm³/mol. The highest BCUT2D eigenvalue weighted by atomic mass is 35.5. The minimum Gasteiger partial charge on any atom is -0.348 e. The first-order valence-electron chi connectivity index (χ1n) is 9.41. The molecular formula is C21H23ClN2O4S. The smallest absolute Gasteiger partial charge is 0.251 e. The SMILES string of the molecule is CS(=O)(=O)c1cc(C(=O)NCc2cccc(NC(=O)C3CCCC3)c2)ccc1Cl. The molecule has 1 aliphatic rings. The van der Waals surface area contributed by atoms with Gasteiger partial charge in [0, 0.05) is 30.0 Å². The van der Waals surface area contributed by atoms with Gasteiger partial charge in [0.05, 0.1) is 9.92 Å². The van der Waals surface area contributed by atoms with Crippen LogP contribution in [-0.4, -0.2) is 26.5 Å². The Hall–Kier alpha value is -2.38. The van der Waals surface area contributed by atoms with Crippen LogP contribution in [0.2, 0.25) is 5.02 Å². The third-order valence-corrected chi connectivity index (χ3v) is 6.54. The highest BCUT2D eigenvalue weighted by Gasteiger charge is 2.22. The van der Waals surface area contributed by atoms with E-state index in [1.54, 1.807) is 0 Å². The molecule has 6 nitrogen and oxygen atoms in total. The summed E-state index contributed by atoms with van der Waals surface area (Å²) in [4.78, 5) is 24.6. The molecule has 0 saturated heterocycles. The lowest BCUT2D eigenvalue weighted by Crippen LogP contribution is -2.23. The summed E-state index contributed by atoms with van der Waals surface area (Å²) in [6.07, 6.45) is 5.09. The van der Waals surface area contributed by atoms with E-state index in [2.05, 4.69) is 10.6 Å². The number of carbonyl (C=O) groups is 2. The molecule has 1 aliphatic carbocycles. The lowest BCUT2D eigenvalue weighted by Gasteiger charge is -2.12. The van der Waals surface area contributed by atoms with E-state index in [1.165, 1.54) is 18.2 Å². The Kier molecular flexibility index (Phi) is 6.59. The van der Waals surface area contributed by atoms with Gasteiger partial charge in [-0.25, -0.2) is 8.42 Å². The first-order chi connectivity index (χ1) is 13.7. The quantitative estimate of drug-likeness (QED) is 0.723. The average Bonchev–Trinajstić information content (AvgIpc) is 3.21. The van der Waals surface area contributed by atoms with E-state index in [0.29, 0.717) is 5.69 Å². The van der Waals surface area contributed by atoms with Crippen LogP contribution < -0.4 is 10.6 Å². The number of nitrogens with one attached hydrogen (secondary N) is 2. The zero-order valence-corrected chi connectivity index (χ0v) is 17.6. The first-order valence-corrected chi connectivity index (χ1v) is 11.7. The lowest BCUT2D eigenvalue weighted by molar-refractivity contribution is -0.119. The van der Waals surface area contributed by atoms with Crippen LogP contribution in [-0.2, 0) is 21.2 Å². The minimum absolute atomic E-state index is 0.0400. The second-order valence-electron chi connectivity index (χ2n) is 7.27. The molecule has 0 aliphatic heterocycles. The molecule has 3 rings (SSSR count). The van der Waals surface area contributed by atoms with E-state index >= 15 is 0 Å². The van der Waals surface area contributed by atoms with Crippen molar-refractivity contribution in [3.63, 3.8) is 0 Å². The number of hydrogen-bond donors (Lipinski definition) is 2. The van der Waals surface area contributed by atoms with Crippen LogP contribution in [0.25, 0.3) is 0 Å². The Morgan fingerprint density at radius 2 is 1.83 bits per heavy atom. The molecule has 154 valence electrons. The highest BCUT2D eigenvalue weighted by molar-refractivity contribution is 7.90. The molecule has 0 aromatic heterocycles. The minimum atomic E-state index is -3.53. The van der Waals surface area contributed by atoms with E-state index in [1.807, 2.05) is 24.3 Å². The van der Waals surface area contributed by atoms with Crippen LogP contribution in [0, 0.1) is 5.92 Å². The highest BCUT2D eigenvalue weighted by Crippen LogP contribution is 2.26. The summed E-state index contributed by atoms with van der Waals surface area (Å²) < 4.78 is 23.6. The molecule has 1 saturated carbocycles. The van der Waals surface area contributed by atoms with Crippen molar-refractivity contribution in [3.8, 4) is 0 Å². The number of rotatable bonds is 6. The van der Waals surface area contributed by atoms with E-state index < -0.39 is 15.7 Å². The summed E-state index contributed by atoms with van der Waals surface area (Å²) in [6, 6.07) is 11.4. The van der Waals surface area contributed by atoms with Crippen LogP contribution in [0.4, 0.5) is 5.69 Å². The van der Waals surface area contributed by atoms with Gasteiger partial charge in [-0.3, -0.25) is 9.59 Å². The van der Waals surface area contributed by atoms with Gasteiger partial charge < -0.3 is 10.6 Å². The van der Waals surface area contributed by atoms with Crippen molar-refractivity contribution >= 4 is 38.9 Å². The monoisotopic (exact) mass is 434 g/mol. The first kappa shape index (κ1) is 21.3. The zero-order valence-electron chi connectivity index (χ0n) is 16.1. The van der Waals surface area contributed by atoms with E-state index in [9.17, 15) is 18.0 Å². The van der Waals surface area contributed by atoms with Crippen molar-refractivity contribution in [2.75, 3.05) is 11.6 Å². The molecule has 0 radical (unpaired) electrons. The summed E-state index contributed by atoms with van der Waals surface area (Å²) in [6.45, 7) is 0.239. The van der Waals surface area contributed by atoms with Crippen LogP contribution in [0.15, 0.2) is 47.4 Å². The molecule has 2 amide bonds. The summed E-state index contributed by atoms with van der Waals surface area (Å²) in [5, 5.41) is 5.78. The number of benzene rings is 2. The molecule has 0 heterocycles. The molecule has 29 heavy (non-hydrogen) atoms. The third kappa shape index (κ3) is 5.58. The Bertz CT molecular complexity index is 1030. The number of hydrogen-bond acceptors (Lipinski definition) is 4. The molecule has 0 atom stereocenters. The van der Waals surface area contributed by atoms with E-state index in [-0.39, 0.29) is 33.9 Å². The van der Waals surface area contributed by atoms with Gasteiger partial charge in [0.25, 0.3) is 5.91 Å². The topological polar surface area (TPSA) is 92.3 Å². The molecule has 2 aromatic carbocycles. The molecular weight excluding hydrogens is 412 g/mol. The summed E-state index contributed by atoms with van der Waals surface area (Å²) in [5.41, 5.74) is 1.72. The van der Waals surface area contributed by atoms with Gasteiger partial charge in [-0.1, -0.05) is 36.6 Å². The fraction of sp³-hybridized carbons (Fsp3) is 0.333. The number of halogens is 1. The average molecular weight is 435 g/mol. The molecule has 1 fully saturated rings. The summed E-state index contributed by atoms with van der Waals surface area (Å²) >= 11 is 5.92. The Morgan fingerprint density at radius 1 is 1.10 bits per heavy atom. The Balaban J connectivity index is 1.64. The molecule has 2 aromatic rings. The van der Waals surface area contributed by atoms with Gasteiger partial charge in [-0.2, -0.15) is 0 Å². The second-order valence-corrected chi connectivity index (χ2v) is 9.66. The summed E-state index contributed by atoms with van der Waals surface area (Å²) in [5.74, 6) is -0.294. The number of amides is 2. The maximum atomic E-state index is 12.4. The third-order valence-electron chi connectivity index (χ3n) is 4.97. The van der Waals surface area contributed by atoms with Gasteiger partial charge in [0.15, 0.2) is 9.84 Å². The maximum Gasteiger partial charge on any atom is 0.251 e. The van der Waals surface area contributed by atoms with Crippen molar-refractivity contribution in [2.45, 2.75) is 37.1 Å². The molecule has 0 unspecified atom stereocenters. The molecule has 2 N–H and O–H groups in total. The van der Waals surface area contributed by atoms with Crippen molar-refractivity contribution in [2.24, 2.45) is 5.92 Å². The van der Waals surface area contributed by atoms with Crippen LogP contribution in [0.1, 0.15) is 41.6 Å². The second kappa shape index (κ2) is 8.97. The van der Waals surface area contributed by atoms with Crippen LogP contribution in [0.3, 0.4) is 0 Å². The fourth-order valence-electron chi connectivity index (χ4n) is 3.40. The van der Waals surface area contributed by atoms with Crippen molar-refractivity contribution < 1.29 is 18.0 Å². The fourth-order valence-corrected chi connectivity index (χ4v) is 4.71. The van der Waals surface area contributed by atoms with E-state index in [0.717, 1.165) is 37.5 Å². The molecule has 0 bridgehead atoms. The van der Waals surface area contributed by atoms with Gasteiger partial charge in [-0.05, 0) is 48.7 Å². The van der Waals surface area contributed by atoms with Crippen LogP contribution >= 0.6 is 11.6 Å². The maximum absolute atomic E-state index is 12.4. The predicted octanol–water partition coefficient (Wildman–Crippen LogP) is 3.80. The molecule has 0 spiro atoms. The van der Waals surface area contributed by atoms with Gasteiger partial charge >= 0.3 is 0 Å². The lowest BCUT2D eigenvalue weighted by atomic mass is 10.1. The zero-order chi connectivity index (χ0) is 21.0. The summed E-state index contributed by atoms with van der Waals surface area (Å²) in [7, 11) is -3.53. The largest absolute Gasteiger partial charge is 0.348 e. The van der Waals surface area contributed by atoms with Gasteiger partial charge in [0.1, 0.15) is 0 Å². The Labute approximate surface area is 175 Å². The van der Waals surface area contributed by atoms with Gasteiger partial charge in [-0.15, -0.1) is 0 Å². The standard InChI is InChI=1S/C21H23ClN2O4S/c1-29(27,28)19-12-16(9-10-18(19)22)20(25)23-13-14-5-4-8-17(11-14)24-21(26)15-6-2-3-7-15/h4-5,8-12,15H,2-3,6-7,13H2,1H3,(H,23,25)(H,24,26). The number of sulfone groups is 1.